The first-order valence-corrected chi connectivity index (χ1v) is 7.03. The number of aromatic nitrogens is 4. The summed E-state index contributed by atoms with van der Waals surface area (Å²) in [4.78, 5) is 28.6. The molecule has 8 heteroatoms. The minimum atomic E-state index is -0.502. The maximum absolute atomic E-state index is 12.5. The van der Waals surface area contributed by atoms with E-state index in [-0.39, 0.29) is 5.56 Å². The fraction of sp³-hybridized carbons (Fsp3) is 0.333. The summed E-state index contributed by atoms with van der Waals surface area (Å²) in [5, 5.41) is 4.75. The summed E-state index contributed by atoms with van der Waals surface area (Å²) in [7, 11) is 2.89. The molecule has 0 saturated carbocycles. The van der Waals surface area contributed by atoms with Crippen LogP contribution in [-0.4, -0.2) is 46.0 Å². The zero-order valence-electron chi connectivity index (χ0n) is 13.1. The highest BCUT2D eigenvalue weighted by molar-refractivity contribution is 5.98. The van der Waals surface area contributed by atoms with Gasteiger partial charge in [0.2, 0.25) is 0 Å². The topological polar surface area (TPSA) is 87.7 Å². The summed E-state index contributed by atoms with van der Waals surface area (Å²) in [5.41, 5.74) is 1.59. The van der Waals surface area contributed by atoms with Gasteiger partial charge in [0.15, 0.2) is 5.65 Å². The summed E-state index contributed by atoms with van der Waals surface area (Å²) >= 11 is 0. The van der Waals surface area contributed by atoms with Crippen molar-refractivity contribution in [2.45, 2.75) is 13.5 Å². The molecule has 0 aliphatic heterocycles. The third kappa shape index (κ3) is 2.36. The number of pyridine rings is 1. The molecule has 0 amide bonds. The molecular formula is C15H16N4O4. The number of nitrogens with zero attached hydrogens (tertiary/aromatic N) is 4. The number of carbonyl (C=O) groups is 1. The van der Waals surface area contributed by atoms with E-state index < -0.39 is 5.97 Å². The van der Waals surface area contributed by atoms with Gasteiger partial charge in [0, 0.05) is 26.0 Å². The number of methoxy groups -OCH3 is 2. The maximum atomic E-state index is 12.5. The number of rotatable bonds is 4. The van der Waals surface area contributed by atoms with Gasteiger partial charge in [-0.2, -0.15) is 5.10 Å². The second-order valence-corrected chi connectivity index (χ2v) is 5.05. The fourth-order valence-corrected chi connectivity index (χ4v) is 2.52. The second kappa shape index (κ2) is 5.81. The molecule has 0 fully saturated rings. The average molecular weight is 316 g/mol. The Morgan fingerprint density at radius 3 is 2.83 bits per heavy atom. The lowest BCUT2D eigenvalue weighted by atomic mass is 10.2. The van der Waals surface area contributed by atoms with Gasteiger partial charge in [-0.3, -0.25) is 4.79 Å². The zero-order chi connectivity index (χ0) is 16.6. The van der Waals surface area contributed by atoms with Crippen LogP contribution in [0.4, 0.5) is 0 Å². The normalized spacial score (nSPS) is 11.3. The Bertz CT molecular complexity index is 957. The largest absolute Gasteiger partial charge is 0.465 e. The van der Waals surface area contributed by atoms with E-state index in [0.717, 1.165) is 0 Å². The second-order valence-electron chi connectivity index (χ2n) is 5.05. The highest BCUT2D eigenvalue weighted by Gasteiger charge is 2.20. The first-order chi connectivity index (χ1) is 11.1. The molecule has 0 unspecified atom stereocenters. The Balaban J connectivity index is 2.27. The lowest BCUT2D eigenvalue weighted by Gasteiger charge is -2.07. The van der Waals surface area contributed by atoms with E-state index in [1.807, 2.05) is 0 Å². The molecule has 3 aromatic rings. The molecule has 3 aromatic heterocycles. The molecule has 3 rings (SSSR count). The van der Waals surface area contributed by atoms with Crippen LogP contribution in [0.25, 0.3) is 16.6 Å². The van der Waals surface area contributed by atoms with Gasteiger partial charge in [0.25, 0.3) is 5.56 Å². The van der Waals surface area contributed by atoms with Crippen LogP contribution in [0.5, 0.6) is 0 Å². The first-order valence-electron chi connectivity index (χ1n) is 7.03. The number of hydrogen-bond acceptors (Lipinski definition) is 6. The van der Waals surface area contributed by atoms with Crippen LogP contribution in [0, 0.1) is 6.92 Å². The van der Waals surface area contributed by atoms with Crippen molar-refractivity contribution in [1.82, 2.24) is 19.2 Å². The van der Waals surface area contributed by atoms with Gasteiger partial charge in [-0.15, -0.1) is 0 Å². The van der Waals surface area contributed by atoms with Crippen molar-refractivity contribution in [3.63, 3.8) is 0 Å². The minimum Gasteiger partial charge on any atom is -0.465 e. The molecule has 0 bridgehead atoms. The third-order valence-corrected chi connectivity index (χ3v) is 3.69. The van der Waals surface area contributed by atoms with E-state index in [1.165, 1.54) is 17.8 Å². The molecule has 23 heavy (non-hydrogen) atoms. The lowest BCUT2D eigenvalue weighted by Crippen LogP contribution is -2.22. The molecular weight excluding hydrogens is 300 g/mol. The lowest BCUT2D eigenvalue weighted by molar-refractivity contribution is 0.0602. The molecule has 0 aromatic carbocycles. The third-order valence-electron chi connectivity index (χ3n) is 3.69. The summed E-state index contributed by atoms with van der Waals surface area (Å²) in [5.74, 6) is -0.502. The van der Waals surface area contributed by atoms with E-state index in [9.17, 15) is 9.59 Å². The van der Waals surface area contributed by atoms with Gasteiger partial charge in [-0.25, -0.2) is 14.3 Å². The van der Waals surface area contributed by atoms with Gasteiger partial charge in [0.05, 0.1) is 30.3 Å². The van der Waals surface area contributed by atoms with Crippen LogP contribution in [0.15, 0.2) is 23.3 Å². The summed E-state index contributed by atoms with van der Waals surface area (Å²) in [6, 6.07) is 1.77. The minimum absolute atomic E-state index is 0.179. The molecule has 0 aliphatic rings. The highest BCUT2D eigenvalue weighted by atomic mass is 16.5. The number of hydrogen-bond donors (Lipinski definition) is 0. The summed E-state index contributed by atoms with van der Waals surface area (Å²) in [6.07, 6.45) is 3.14. The van der Waals surface area contributed by atoms with E-state index >= 15 is 0 Å². The predicted molar refractivity (Wildman–Crippen MR) is 82.7 cm³/mol. The quantitative estimate of drug-likeness (QED) is 0.661. The Hall–Kier alpha value is -2.74. The predicted octanol–water partition coefficient (Wildman–Crippen LogP) is 0.786. The van der Waals surface area contributed by atoms with Crippen LogP contribution >= 0.6 is 0 Å². The van der Waals surface area contributed by atoms with E-state index in [1.54, 1.807) is 30.9 Å². The molecule has 8 nitrogen and oxygen atoms in total. The molecule has 0 atom stereocenters. The van der Waals surface area contributed by atoms with Crippen molar-refractivity contribution in [3.8, 4) is 0 Å². The van der Waals surface area contributed by atoms with Crippen molar-refractivity contribution in [2.24, 2.45) is 0 Å². The number of aryl methyl sites for hydroxylation is 1. The summed E-state index contributed by atoms with van der Waals surface area (Å²) in [6.45, 7) is 2.59. The Morgan fingerprint density at radius 1 is 1.35 bits per heavy atom. The molecule has 0 radical (unpaired) electrons. The maximum Gasteiger partial charge on any atom is 0.343 e. The molecule has 3 heterocycles. The molecule has 0 aliphatic carbocycles. The van der Waals surface area contributed by atoms with Crippen molar-refractivity contribution in [2.75, 3.05) is 20.8 Å². The number of fused-ring (bicyclic) bond motifs is 3. The number of esters is 1. The Morgan fingerprint density at radius 2 is 2.13 bits per heavy atom. The van der Waals surface area contributed by atoms with Gasteiger partial charge in [-0.05, 0) is 13.0 Å². The van der Waals surface area contributed by atoms with Crippen molar-refractivity contribution in [3.05, 3.63) is 40.1 Å². The first kappa shape index (κ1) is 15.2. The van der Waals surface area contributed by atoms with Crippen molar-refractivity contribution in [1.29, 1.82) is 0 Å². The molecule has 0 spiro atoms. The van der Waals surface area contributed by atoms with E-state index in [4.69, 9.17) is 9.47 Å². The van der Waals surface area contributed by atoms with Gasteiger partial charge in [0.1, 0.15) is 5.56 Å². The molecule has 120 valence electrons. The Labute approximate surface area is 131 Å². The van der Waals surface area contributed by atoms with Crippen LogP contribution in [0.1, 0.15) is 16.1 Å². The van der Waals surface area contributed by atoms with Crippen molar-refractivity contribution >= 4 is 22.5 Å². The number of carbonyl (C=O) groups excluding carboxylic acids is 1. The summed E-state index contributed by atoms with van der Waals surface area (Å²) < 4.78 is 12.8. The molecule has 0 saturated heterocycles. The van der Waals surface area contributed by atoms with Crippen LogP contribution in [0.2, 0.25) is 0 Å². The standard InChI is InChI=1S/C15H16N4O4/c1-9-12(15(21)23-3)13-16-8-10-11(19(13)17-9)4-5-18(14(10)20)6-7-22-2/h4-5,8H,6-7H2,1-3H3. The monoisotopic (exact) mass is 316 g/mol. The van der Waals surface area contributed by atoms with Crippen LogP contribution < -0.4 is 5.56 Å². The van der Waals surface area contributed by atoms with Gasteiger partial charge >= 0.3 is 5.97 Å². The Kier molecular flexibility index (Phi) is 3.83. The van der Waals surface area contributed by atoms with Crippen LogP contribution in [-0.2, 0) is 16.0 Å². The van der Waals surface area contributed by atoms with E-state index in [0.29, 0.717) is 41.0 Å². The average Bonchev–Trinajstić information content (AvgIpc) is 2.89. The smallest absolute Gasteiger partial charge is 0.343 e. The van der Waals surface area contributed by atoms with E-state index in [2.05, 4.69) is 10.1 Å². The van der Waals surface area contributed by atoms with Crippen molar-refractivity contribution < 1.29 is 14.3 Å². The van der Waals surface area contributed by atoms with Gasteiger partial charge < -0.3 is 14.0 Å². The fourth-order valence-electron chi connectivity index (χ4n) is 2.52. The number of ether oxygens (including phenoxy) is 2. The molecule has 0 N–H and O–H groups in total. The SMILES string of the molecule is COCCn1ccc2c(cnc3c(C(=O)OC)c(C)nn32)c1=O. The zero-order valence-corrected chi connectivity index (χ0v) is 13.1. The van der Waals surface area contributed by atoms with Gasteiger partial charge in [-0.1, -0.05) is 0 Å². The van der Waals surface area contributed by atoms with Crippen LogP contribution in [0.3, 0.4) is 0 Å². The highest BCUT2D eigenvalue weighted by Crippen LogP contribution is 2.18.